The summed E-state index contributed by atoms with van der Waals surface area (Å²) in [5.74, 6) is 0. The fourth-order valence-electron chi connectivity index (χ4n) is 3.30. The molecule has 0 aliphatic carbocycles. The minimum absolute atomic E-state index is 0.540. The molecule has 1 spiro atoms. The van der Waals surface area contributed by atoms with Crippen LogP contribution < -0.4 is 5.32 Å². The third kappa shape index (κ3) is 2.68. The first-order valence-corrected chi connectivity index (χ1v) is 7.17. The highest BCUT2D eigenvalue weighted by molar-refractivity contribution is 6.29. The van der Waals surface area contributed by atoms with Gasteiger partial charge in [-0.2, -0.15) is 0 Å². The maximum Gasteiger partial charge on any atom is 0.129 e. The molecule has 2 fully saturated rings. The molecule has 1 aromatic heterocycles. The van der Waals surface area contributed by atoms with E-state index in [2.05, 4.69) is 21.3 Å². The Labute approximate surface area is 114 Å². The molecular formula is C14H20ClN3. The summed E-state index contributed by atoms with van der Waals surface area (Å²) in [6.07, 6.45) is 5.94. The number of hydrogen-bond acceptors (Lipinski definition) is 3. The molecule has 0 unspecified atom stereocenters. The van der Waals surface area contributed by atoms with Gasteiger partial charge >= 0.3 is 0 Å². The summed E-state index contributed by atoms with van der Waals surface area (Å²) in [6, 6.07) is 3.96. The topological polar surface area (TPSA) is 28.2 Å². The summed E-state index contributed by atoms with van der Waals surface area (Å²) in [4.78, 5) is 6.71. The van der Waals surface area contributed by atoms with Crippen molar-refractivity contribution in [1.29, 1.82) is 0 Å². The monoisotopic (exact) mass is 265 g/mol. The van der Waals surface area contributed by atoms with Crippen molar-refractivity contribution in [3.63, 3.8) is 0 Å². The Bertz CT molecular complexity index is 398. The largest absolute Gasteiger partial charge is 0.316 e. The van der Waals surface area contributed by atoms with Gasteiger partial charge in [-0.05, 0) is 49.4 Å². The molecular weight excluding hydrogens is 246 g/mol. The van der Waals surface area contributed by atoms with Crippen molar-refractivity contribution in [3.05, 3.63) is 29.0 Å². The predicted molar refractivity (Wildman–Crippen MR) is 73.7 cm³/mol. The Balaban J connectivity index is 1.60. The first kappa shape index (κ1) is 12.4. The number of nitrogens with zero attached hydrogens (tertiary/aromatic N) is 2. The number of likely N-dealkylation sites (tertiary alicyclic amines) is 1. The number of piperidine rings is 1. The molecule has 2 aliphatic heterocycles. The van der Waals surface area contributed by atoms with Crippen LogP contribution in [0.1, 0.15) is 24.8 Å². The Hall–Kier alpha value is -0.640. The van der Waals surface area contributed by atoms with Gasteiger partial charge in [0.1, 0.15) is 5.15 Å². The van der Waals surface area contributed by atoms with Crippen LogP contribution >= 0.6 is 11.6 Å². The molecule has 2 saturated heterocycles. The first-order chi connectivity index (χ1) is 8.76. The summed E-state index contributed by atoms with van der Waals surface area (Å²) in [6.45, 7) is 5.84. The molecule has 0 aromatic carbocycles. The number of halogens is 1. The van der Waals surface area contributed by atoms with E-state index in [9.17, 15) is 0 Å². The van der Waals surface area contributed by atoms with Gasteiger partial charge in [0.25, 0.3) is 0 Å². The van der Waals surface area contributed by atoms with E-state index in [0.717, 1.165) is 6.54 Å². The number of hydrogen-bond donors (Lipinski definition) is 1. The van der Waals surface area contributed by atoms with Gasteiger partial charge < -0.3 is 5.32 Å². The van der Waals surface area contributed by atoms with Gasteiger partial charge in [0.15, 0.2) is 0 Å². The lowest BCUT2D eigenvalue weighted by atomic mass is 9.80. The van der Waals surface area contributed by atoms with Gasteiger partial charge in [0.2, 0.25) is 0 Å². The Morgan fingerprint density at radius 1 is 1.39 bits per heavy atom. The molecule has 0 amide bonds. The molecule has 1 N–H and O–H groups in total. The molecule has 0 radical (unpaired) electrons. The van der Waals surface area contributed by atoms with E-state index in [-0.39, 0.29) is 0 Å². The normalized spacial score (nSPS) is 28.9. The summed E-state index contributed by atoms with van der Waals surface area (Å²) < 4.78 is 0. The van der Waals surface area contributed by atoms with Gasteiger partial charge in [-0.25, -0.2) is 4.98 Å². The summed E-state index contributed by atoms with van der Waals surface area (Å²) in [7, 11) is 0. The number of pyridine rings is 1. The molecule has 0 bridgehead atoms. The van der Waals surface area contributed by atoms with Crippen molar-refractivity contribution in [2.75, 3.05) is 26.2 Å². The van der Waals surface area contributed by atoms with Crippen LogP contribution in [0.5, 0.6) is 0 Å². The lowest BCUT2D eigenvalue weighted by Gasteiger charge is -2.34. The third-order valence-electron chi connectivity index (χ3n) is 4.27. The van der Waals surface area contributed by atoms with Crippen molar-refractivity contribution in [2.24, 2.45) is 5.41 Å². The van der Waals surface area contributed by atoms with Gasteiger partial charge in [0, 0.05) is 25.8 Å². The number of rotatable bonds is 2. The van der Waals surface area contributed by atoms with Gasteiger partial charge in [-0.15, -0.1) is 0 Å². The maximum atomic E-state index is 5.81. The van der Waals surface area contributed by atoms with E-state index in [1.165, 1.54) is 51.0 Å². The fourth-order valence-corrected chi connectivity index (χ4v) is 3.41. The predicted octanol–water partition coefficient (Wildman–Crippen LogP) is 2.31. The zero-order chi connectivity index (χ0) is 12.4. The third-order valence-corrected chi connectivity index (χ3v) is 4.50. The second-order valence-electron chi connectivity index (χ2n) is 5.73. The number of nitrogens with one attached hydrogen (secondary N) is 1. The van der Waals surface area contributed by atoms with E-state index in [0.29, 0.717) is 10.6 Å². The molecule has 18 heavy (non-hydrogen) atoms. The lowest BCUT2D eigenvalue weighted by Crippen LogP contribution is -2.41. The van der Waals surface area contributed by atoms with Crippen molar-refractivity contribution < 1.29 is 0 Å². The zero-order valence-electron chi connectivity index (χ0n) is 10.7. The van der Waals surface area contributed by atoms with Crippen LogP contribution in [0.15, 0.2) is 18.3 Å². The maximum absolute atomic E-state index is 5.81. The Kier molecular flexibility index (Phi) is 3.55. The van der Waals surface area contributed by atoms with Crippen molar-refractivity contribution >= 4 is 11.6 Å². The summed E-state index contributed by atoms with van der Waals surface area (Å²) >= 11 is 5.81. The lowest BCUT2D eigenvalue weighted by molar-refractivity contribution is 0.199. The van der Waals surface area contributed by atoms with Crippen LogP contribution in [0.25, 0.3) is 0 Å². The molecule has 2 aliphatic rings. The van der Waals surface area contributed by atoms with E-state index in [4.69, 9.17) is 11.6 Å². The van der Waals surface area contributed by atoms with Crippen LogP contribution in [0.3, 0.4) is 0 Å². The zero-order valence-corrected chi connectivity index (χ0v) is 11.4. The molecule has 1 aromatic rings. The van der Waals surface area contributed by atoms with Crippen molar-refractivity contribution in [1.82, 2.24) is 15.2 Å². The van der Waals surface area contributed by atoms with E-state index >= 15 is 0 Å². The average Bonchev–Trinajstić information content (AvgIpc) is 2.76. The van der Waals surface area contributed by atoms with Crippen molar-refractivity contribution in [3.8, 4) is 0 Å². The van der Waals surface area contributed by atoms with Gasteiger partial charge in [-0.1, -0.05) is 17.7 Å². The highest BCUT2D eigenvalue weighted by Gasteiger charge is 2.38. The highest BCUT2D eigenvalue weighted by Crippen LogP contribution is 2.36. The number of aromatic nitrogens is 1. The Morgan fingerprint density at radius 3 is 3.06 bits per heavy atom. The summed E-state index contributed by atoms with van der Waals surface area (Å²) in [5, 5.41) is 4.13. The molecule has 3 nitrogen and oxygen atoms in total. The minimum atomic E-state index is 0.540. The molecule has 0 saturated carbocycles. The van der Waals surface area contributed by atoms with Crippen LogP contribution in [-0.4, -0.2) is 36.1 Å². The van der Waals surface area contributed by atoms with E-state index in [1.807, 2.05) is 12.3 Å². The fraction of sp³-hybridized carbons (Fsp3) is 0.643. The molecule has 3 rings (SSSR count). The summed E-state index contributed by atoms with van der Waals surface area (Å²) in [5.41, 5.74) is 1.80. The van der Waals surface area contributed by atoms with Crippen LogP contribution in [0, 0.1) is 5.41 Å². The SMILES string of the molecule is Clc1ccc(CN2CC[C@@]3(CCCNC3)C2)cn1. The van der Waals surface area contributed by atoms with Gasteiger partial charge in [0.05, 0.1) is 0 Å². The van der Waals surface area contributed by atoms with Gasteiger partial charge in [-0.3, -0.25) is 4.90 Å². The second kappa shape index (κ2) is 5.16. The Morgan fingerprint density at radius 2 is 2.33 bits per heavy atom. The quantitative estimate of drug-likeness (QED) is 0.832. The standard InChI is InChI=1S/C14H20ClN3/c15-13-3-2-12(8-17-13)9-18-7-5-14(11-18)4-1-6-16-10-14/h2-3,8,16H,1,4-7,9-11H2/t14-/m1/s1. The second-order valence-corrected chi connectivity index (χ2v) is 6.12. The molecule has 4 heteroatoms. The molecule has 3 heterocycles. The van der Waals surface area contributed by atoms with Crippen LogP contribution in [-0.2, 0) is 6.54 Å². The van der Waals surface area contributed by atoms with Crippen molar-refractivity contribution in [2.45, 2.75) is 25.8 Å². The highest BCUT2D eigenvalue weighted by atomic mass is 35.5. The molecule has 1 atom stereocenters. The van der Waals surface area contributed by atoms with E-state index in [1.54, 1.807) is 0 Å². The minimum Gasteiger partial charge on any atom is -0.316 e. The van der Waals surface area contributed by atoms with Crippen LogP contribution in [0.4, 0.5) is 0 Å². The smallest absolute Gasteiger partial charge is 0.129 e. The average molecular weight is 266 g/mol. The van der Waals surface area contributed by atoms with E-state index < -0.39 is 0 Å². The molecule has 98 valence electrons. The van der Waals surface area contributed by atoms with Crippen LogP contribution in [0.2, 0.25) is 5.15 Å². The first-order valence-electron chi connectivity index (χ1n) is 6.79.